The highest BCUT2D eigenvalue weighted by Crippen LogP contribution is 2.89. The molecular weight excluding hydrogens is 616 g/mol. The number of fused-ring (bicyclic) bond motifs is 5. The van der Waals surface area contributed by atoms with Gasteiger partial charge in [-0.1, -0.05) is 34.6 Å². The molecule has 3 N–H and O–H groups in total. The van der Waals surface area contributed by atoms with Crippen LogP contribution in [0, 0.1) is 50.7 Å². The van der Waals surface area contributed by atoms with Gasteiger partial charge in [-0.25, -0.2) is 0 Å². The Balaban J connectivity index is 1.03. The third kappa shape index (κ3) is 4.01. The minimum absolute atomic E-state index is 0.00938. The first-order valence-electron chi connectivity index (χ1n) is 18.7. The number of carbonyl (C=O) groups is 1. The molecule has 0 radical (unpaired) electrons. The lowest BCUT2D eigenvalue weighted by molar-refractivity contribution is -0.337. The summed E-state index contributed by atoms with van der Waals surface area (Å²) in [6, 6.07) is 0. The average molecular weight is 677 g/mol. The van der Waals surface area contributed by atoms with Crippen molar-refractivity contribution in [2.75, 3.05) is 13.7 Å². The first-order valence-corrected chi connectivity index (χ1v) is 18.7. The highest BCUT2D eigenvalue weighted by molar-refractivity contribution is 5.66. The largest absolute Gasteiger partial charge is 0.457 e. The van der Waals surface area contributed by atoms with Gasteiger partial charge in [0.05, 0.1) is 24.4 Å². The van der Waals surface area contributed by atoms with Crippen molar-refractivity contribution in [3.05, 3.63) is 0 Å². The number of rotatable bonds is 4. The molecule has 17 atom stereocenters. The predicted molar refractivity (Wildman–Crippen MR) is 173 cm³/mol. The van der Waals surface area contributed by atoms with Gasteiger partial charge in [0.1, 0.15) is 24.4 Å². The van der Waals surface area contributed by atoms with E-state index < -0.39 is 48.1 Å². The molecule has 0 aromatic carbocycles. The second-order valence-corrected chi connectivity index (χ2v) is 19.0. The van der Waals surface area contributed by atoms with E-state index in [1.807, 2.05) is 13.8 Å². The van der Waals surface area contributed by atoms with Crippen LogP contribution in [0.3, 0.4) is 0 Å². The number of carbonyl (C=O) groups excluding carboxylic acids is 1. The predicted octanol–water partition coefficient (Wildman–Crippen LogP) is 4.35. The van der Waals surface area contributed by atoms with E-state index >= 15 is 0 Å². The third-order valence-electron chi connectivity index (χ3n) is 16.7. The van der Waals surface area contributed by atoms with Gasteiger partial charge in [-0.3, -0.25) is 4.79 Å². The Kier molecular flexibility index (Phi) is 7.41. The van der Waals surface area contributed by atoms with Gasteiger partial charge in [-0.2, -0.15) is 0 Å². The Bertz CT molecular complexity index is 1340. The summed E-state index contributed by atoms with van der Waals surface area (Å²) in [5, 5.41) is 33.1. The normalized spacial score (nSPS) is 58.8. The van der Waals surface area contributed by atoms with E-state index in [0.29, 0.717) is 23.2 Å². The summed E-state index contributed by atoms with van der Waals surface area (Å²) in [5.74, 6) is -0.0384. The Labute approximate surface area is 285 Å². The molecule has 3 heterocycles. The van der Waals surface area contributed by atoms with Crippen LogP contribution in [0.15, 0.2) is 0 Å². The molecule has 8 fully saturated rings. The second-order valence-electron chi connectivity index (χ2n) is 19.0. The summed E-state index contributed by atoms with van der Waals surface area (Å²) in [6.07, 6.45) is 3.27. The topological polar surface area (TPSA) is 133 Å². The first kappa shape index (κ1) is 34.2. The lowest BCUT2D eigenvalue weighted by Gasteiger charge is -2.63. The van der Waals surface area contributed by atoms with Gasteiger partial charge in [0.2, 0.25) is 5.79 Å². The number of methoxy groups -OCH3 is 1. The van der Waals surface area contributed by atoms with Crippen LogP contribution in [0.4, 0.5) is 0 Å². The number of hydrogen-bond acceptors (Lipinski definition) is 10. The Morgan fingerprint density at radius 1 is 0.854 bits per heavy atom. The van der Waals surface area contributed by atoms with Crippen molar-refractivity contribution in [2.45, 2.75) is 167 Å². The molecule has 3 aliphatic heterocycles. The van der Waals surface area contributed by atoms with Gasteiger partial charge in [0.25, 0.3) is 0 Å². The molecule has 3 saturated heterocycles. The quantitative estimate of drug-likeness (QED) is 0.292. The standard InChI is InChI=1S/C38H60O10/c1-19-26-21(47-38(43-9)29(19)48-33(5,6)31(38)42)16-35(8)24-11-10-23-32(3,4)25(12-13-36(23)18-37(24,36)15-14-34(26,35)7)46-30-28(41)27(40)22(17-44-30)45-20(2)39/h19,21-31,40-42H,10-18H2,1-9H3/t19-,21-,22+,23-,24-,25-,26-,27-,28+,29+,30-,31+,34+,35-,36+,37-,38+/m0/s1. The molecule has 10 heteroatoms. The Hall–Kier alpha value is -0.850. The van der Waals surface area contributed by atoms with Crippen LogP contribution in [0.2, 0.25) is 0 Å². The van der Waals surface area contributed by atoms with Crippen LogP contribution >= 0.6 is 0 Å². The van der Waals surface area contributed by atoms with Crippen LogP contribution in [-0.4, -0.2) is 95.4 Å². The molecule has 0 bridgehead atoms. The van der Waals surface area contributed by atoms with Crippen LogP contribution < -0.4 is 0 Å². The fourth-order valence-electron chi connectivity index (χ4n) is 14.5. The van der Waals surface area contributed by atoms with E-state index in [1.54, 1.807) is 7.11 Å². The van der Waals surface area contributed by atoms with Crippen LogP contribution in [0.25, 0.3) is 0 Å². The monoisotopic (exact) mass is 676 g/mol. The molecule has 272 valence electrons. The SMILES string of the molecule is CO[C@@]12O[C@H]3C[C@@]4(C)[C@@H]5CC[C@H]6C(C)(C)[C@@H](O[C@@H]7OC[C@@H](OC(C)=O)[C@H](O)[C@H]7O)CC[C@@]67C[C@@]57CC[C@]4(C)[C@H]3[C@H](C)[C@H]1OC(C)(C)[C@H]2O. The molecule has 8 aliphatic rings. The van der Waals surface area contributed by atoms with E-state index in [9.17, 15) is 20.1 Å². The zero-order valence-corrected chi connectivity index (χ0v) is 30.5. The molecule has 10 nitrogen and oxygen atoms in total. The maximum Gasteiger partial charge on any atom is 0.303 e. The highest BCUT2D eigenvalue weighted by atomic mass is 16.7. The zero-order valence-electron chi connectivity index (χ0n) is 30.5. The summed E-state index contributed by atoms with van der Waals surface area (Å²) in [4.78, 5) is 11.5. The first-order chi connectivity index (χ1) is 22.4. The maximum atomic E-state index is 11.5. The maximum absolute atomic E-state index is 11.5. The average Bonchev–Trinajstić information content (AvgIpc) is 3.55. The van der Waals surface area contributed by atoms with E-state index in [2.05, 4.69) is 34.6 Å². The third-order valence-corrected chi connectivity index (χ3v) is 16.7. The molecule has 0 aromatic heterocycles. The Morgan fingerprint density at radius 3 is 2.23 bits per heavy atom. The smallest absolute Gasteiger partial charge is 0.303 e. The summed E-state index contributed by atoms with van der Waals surface area (Å²) in [6.45, 7) is 17.3. The van der Waals surface area contributed by atoms with Gasteiger partial charge in [0, 0.05) is 14.0 Å². The molecule has 48 heavy (non-hydrogen) atoms. The molecule has 0 amide bonds. The molecule has 0 aromatic rings. The van der Waals surface area contributed by atoms with Crippen molar-refractivity contribution < 1.29 is 48.5 Å². The molecule has 2 spiro atoms. The van der Waals surface area contributed by atoms with Gasteiger partial charge in [0.15, 0.2) is 12.4 Å². The summed E-state index contributed by atoms with van der Waals surface area (Å²) in [7, 11) is 1.66. The number of hydrogen-bond donors (Lipinski definition) is 3. The van der Waals surface area contributed by atoms with Gasteiger partial charge in [-0.05, 0) is 116 Å². The van der Waals surface area contributed by atoms with Gasteiger partial charge >= 0.3 is 5.97 Å². The van der Waals surface area contributed by atoms with Crippen molar-refractivity contribution in [1.29, 1.82) is 0 Å². The van der Waals surface area contributed by atoms with Gasteiger partial charge in [-0.15, -0.1) is 0 Å². The lowest BCUT2D eigenvalue weighted by Crippen LogP contribution is -2.63. The van der Waals surface area contributed by atoms with E-state index in [1.165, 1.54) is 32.6 Å². The van der Waals surface area contributed by atoms with Gasteiger partial charge < -0.3 is 43.7 Å². The molecule has 0 unspecified atom stereocenters. The molecule has 5 saturated carbocycles. The second kappa shape index (κ2) is 10.4. The van der Waals surface area contributed by atoms with E-state index in [-0.39, 0.29) is 52.5 Å². The molecule has 8 rings (SSSR count). The summed E-state index contributed by atoms with van der Waals surface area (Å²) in [5.41, 5.74) is -0.0915. The molecular formula is C38H60O10. The fourth-order valence-corrected chi connectivity index (χ4v) is 14.5. The van der Waals surface area contributed by atoms with Crippen molar-refractivity contribution in [3.63, 3.8) is 0 Å². The number of aliphatic hydroxyl groups is 3. The minimum atomic E-state index is -1.29. The van der Waals surface area contributed by atoms with Crippen LogP contribution in [0.1, 0.15) is 107 Å². The minimum Gasteiger partial charge on any atom is -0.457 e. The highest BCUT2D eigenvalue weighted by Gasteiger charge is 2.84. The van der Waals surface area contributed by atoms with E-state index in [4.69, 9.17) is 28.4 Å². The van der Waals surface area contributed by atoms with Crippen LogP contribution in [-0.2, 0) is 33.2 Å². The van der Waals surface area contributed by atoms with E-state index in [0.717, 1.165) is 25.7 Å². The lowest BCUT2D eigenvalue weighted by atomic mass is 9.41. The number of esters is 1. The fraction of sp³-hybridized carbons (Fsp3) is 0.974. The van der Waals surface area contributed by atoms with Crippen LogP contribution in [0.5, 0.6) is 0 Å². The van der Waals surface area contributed by atoms with Crippen molar-refractivity contribution in [2.24, 2.45) is 50.7 Å². The summed E-state index contributed by atoms with van der Waals surface area (Å²) >= 11 is 0. The zero-order chi connectivity index (χ0) is 34.6. The van der Waals surface area contributed by atoms with Crippen molar-refractivity contribution in [1.82, 2.24) is 0 Å². The summed E-state index contributed by atoms with van der Waals surface area (Å²) < 4.78 is 37.3. The Morgan fingerprint density at radius 2 is 1.54 bits per heavy atom. The van der Waals surface area contributed by atoms with Crippen molar-refractivity contribution >= 4 is 5.97 Å². The van der Waals surface area contributed by atoms with Crippen molar-refractivity contribution in [3.8, 4) is 0 Å². The number of aliphatic hydroxyl groups excluding tert-OH is 3. The molecule has 5 aliphatic carbocycles. The number of ether oxygens (including phenoxy) is 6.